The quantitative estimate of drug-likeness (QED) is 0.835. The first-order valence-electron chi connectivity index (χ1n) is 5.92. The van der Waals surface area contributed by atoms with E-state index in [0.29, 0.717) is 5.25 Å². The Labute approximate surface area is 119 Å². The second kappa shape index (κ2) is 5.79. The average molecular weight is 311 g/mol. The number of aromatic nitrogens is 1. The molecule has 7 heteroatoms. The standard InChI is InChI=1S/C12H14ClF3N2S/c1-19-9-3-2-8(6-9)17-11-5-7(12(14,15)16)4-10(13)18-11/h4-5,8-9H,2-3,6H2,1H3,(H,17,18). The molecular weight excluding hydrogens is 297 g/mol. The van der Waals surface area contributed by atoms with Crippen molar-refractivity contribution in [3.63, 3.8) is 0 Å². The highest BCUT2D eigenvalue weighted by molar-refractivity contribution is 7.99. The molecule has 1 fully saturated rings. The van der Waals surface area contributed by atoms with E-state index in [1.54, 1.807) is 11.8 Å². The van der Waals surface area contributed by atoms with Crippen LogP contribution in [0.2, 0.25) is 5.15 Å². The molecule has 1 heterocycles. The van der Waals surface area contributed by atoms with E-state index in [0.717, 1.165) is 31.4 Å². The smallest absolute Gasteiger partial charge is 0.367 e. The zero-order valence-electron chi connectivity index (χ0n) is 10.3. The van der Waals surface area contributed by atoms with E-state index >= 15 is 0 Å². The van der Waals surface area contributed by atoms with E-state index in [4.69, 9.17) is 11.6 Å². The maximum Gasteiger partial charge on any atom is 0.416 e. The minimum Gasteiger partial charge on any atom is -0.367 e. The van der Waals surface area contributed by atoms with Gasteiger partial charge < -0.3 is 5.32 Å². The van der Waals surface area contributed by atoms with Gasteiger partial charge in [0.05, 0.1) is 5.56 Å². The molecule has 1 aliphatic carbocycles. The number of hydrogen-bond donors (Lipinski definition) is 1. The molecule has 1 N–H and O–H groups in total. The van der Waals surface area contributed by atoms with E-state index < -0.39 is 11.7 Å². The van der Waals surface area contributed by atoms with Crippen LogP contribution in [0.4, 0.5) is 19.0 Å². The van der Waals surface area contributed by atoms with Crippen molar-refractivity contribution in [2.75, 3.05) is 11.6 Å². The summed E-state index contributed by atoms with van der Waals surface area (Å²) in [5, 5.41) is 3.48. The monoisotopic (exact) mass is 310 g/mol. The van der Waals surface area contributed by atoms with Crippen LogP contribution in [0.1, 0.15) is 24.8 Å². The molecule has 1 aromatic heterocycles. The number of pyridine rings is 1. The number of alkyl halides is 3. The van der Waals surface area contributed by atoms with Gasteiger partial charge in [-0.3, -0.25) is 0 Å². The third-order valence-corrected chi connectivity index (χ3v) is 4.48. The molecule has 106 valence electrons. The van der Waals surface area contributed by atoms with E-state index in [9.17, 15) is 13.2 Å². The highest BCUT2D eigenvalue weighted by Gasteiger charge is 2.32. The molecule has 2 atom stereocenters. The SMILES string of the molecule is CSC1CCC(Nc2cc(C(F)(F)F)cc(Cl)n2)C1. The molecule has 0 aromatic carbocycles. The normalized spacial score (nSPS) is 23.6. The summed E-state index contributed by atoms with van der Waals surface area (Å²) in [7, 11) is 0. The second-order valence-corrected chi connectivity index (χ2v) is 6.10. The fourth-order valence-electron chi connectivity index (χ4n) is 2.23. The van der Waals surface area contributed by atoms with Crippen molar-refractivity contribution in [1.82, 2.24) is 4.98 Å². The van der Waals surface area contributed by atoms with Crippen molar-refractivity contribution >= 4 is 29.2 Å². The van der Waals surface area contributed by atoms with E-state index in [-0.39, 0.29) is 17.0 Å². The molecule has 19 heavy (non-hydrogen) atoms. The second-order valence-electron chi connectivity index (χ2n) is 4.57. The zero-order chi connectivity index (χ0) is 14.0. The van der Waals surface area contributed by atoms with Crippen molar-refractivity contribution in [2.45, 2.75) is 36.7 Å². The van der Waals surface area contributed by atoms with Crippen LogP contribution in [0.3, 0.4) is 0 Å². The van der Waals surface area contributed by atoms with Gasteiger partial charge in [-0.2, -0.15) is 24.9 Å². The van der Waals surface area contributed by atoms with Gasteiger partial charge in [0.1, 0.15) is 11.0 Å². The number of nitrogens with zero attached hydrogens (tertiary/aromatic N) is 1. The summed E-state index contributed by atoms with van der Waals surface area (Å²) >= 11 is 7.43. The summed E-state index contributed by atoms with van der Waals surface area (Å²) in [6, 6.07) is 2.02. The number of rotatable bonds is 3. The molecular formula is C12H14ClF3N2S. The van der Waals surface area contributed by atoms with Gasteiger partial charge in [-0.15, -0.1) is 0 Å². The van der Waals surface area contributed by atoms with Gasteiger partial charge in [-0.1, -0.05) is 11.6 Å². The molecule has 1 saturated carbocycles. The Hall–Kier alpha value is -0.620. The number of anilines is 1. The van der Waals surface area contributed by atoms with Crippen molar-refractivity contribution in [3.8, 4) is 0 Å². The number of hydrogen-bond acceptors (Lipinski definition) is 3. The van der Waals surface area contributed by atoms with Crippen LogP contribution >= 0.6 is 23.4 Å². The van der Waals surface area contributed by atoms with Crippen LogP contribution in [0.25, 0.3) is 0 Å². The molecule has 1 aliphatic rings. The lowest BCUT2D eigenvalue weighted by molar-refractivity contribution is -0.137. The first-order valence-corrected chi connectivity index (χ1v) is 7.59. The van der Waals surface area contributed by atoms with Gasteiger partial charge >= 0.3 is 6.18 Å². The predicted octanol–water partition coefficient (Wildman–Crippen LogP) is 4.45. The van der Waals surface area contributed by atoms with Crippen molar-refractivity contribution in [2.24, 2.45) is 0 Å². The minimum atomic E-state index is -4.40. The topological polar surface area (TPSA) is 24.9 Å². The number of halogens is 4. The minimum absolute atomic E-state index is 0.142. The molecule has 0 radical (unpaired) electrons. The summed E-state index contributed by atoms with van der Waals surface area (Å²) in [6.07, 6.45) is 0.607. The molecule has 0 spiro atoms. The van der Waals surface area contributed by atoms with Crippen molar-refractivity contribution in [3.05, 3.63) is 22.8 Å². The lowest BCUT2D eigenvalue weighted by Crippen LogP contribution is -2.17. The Bertz CT molecular complexity index is 453. The van der Waals surface area contributed by atoms with Gasteiger partial charge in [-0.05, 0) is 37.7 Å². The summed E-state index contributed by atoms with van der Waals surface area (Å²) < 4.78 is 38.0. The molecule has 0 aliphatic heterocycles. The largest absolute Gasteiger partial charge is 0.416 e. The van der Waals surface area contributed by atoms with Gasteiger partial charge in [0.25, 0.3) is 0 Å². The van der Waals surface area contributed by atoms with Crippen LogP contribution in [0.5, 0.6) is 0 Å². The molecule has 0 bridgehead atoms. The van der Waals surface area contributed by atoms with E-state index in [2.05, 4.69) is 10.3 Å². The average Bonchev–Trinajstić information content (AvgIpc) is 2.75. The third kappa shape index (κ3) is 3.92. The van der Waals surface area contributed by atoms with Gasteiger partial charge in [-0.25, -0.2) is 4.98 Å². The van der Waals surface area contributed by atoms with Crippen LogP contribution in [0, 0.1) is 0 Å². The number of thioether (sulfide) groups is 1. The van der Waals surface area contributed by atoms with Crippen LogP contribution in [-0.4, -0.2) is 22.5 Å². The van der Waals surface area contributed by atoms with Crippen LogP contribution in [0.15, 0.2) is 12.1 Å². The van der Waals surface area contributed by atoms with Crippen molar-refractivity contribution in [1.29, 1.82) is 0 Å². The van der Waals surface area contributed by atoms with E-state index in [1.165, 1.54) is 0 Å². The van der Waals surface area contributed by atoms with Gasteiger partial charge in [0.2, 0.25) is 0 Å². The molecule has 0 saturated heterocycles. The summed E-state index contributed by atoms with van der Waals surface area (Å²) in [5.41, 5.74) is -0.769. The third-order valence-electron chi connectivity index (χ3n) is 3.19. The van der Waals surface area contributed by atoms with Gasteiger partial charge in [0.15, 0.2) is 0 Å². The first-order chi connectivity index (χ1) is 8.88. The molecule has 0 amide bonds. The molecule has 2 nitrogen and oxygen atoms in total. The Balaban J connectivity index is 2.11. The predicted molar refractivity (Wildman–Crippen MR) is 72.8 cm³/mol. The summed E-state index contributed by atoms with van der Waals surface area (Å²) in [4.78, 5) is 3.91. The van der Waals surface area contributed by atoms with Crippen molar-refractivity contribution < 1.29 is 13.2 Å². The Morgan fingerprint density at radius 3 is 2.68 bits per heavy atom. The fraction of sp³-hybridized carbons (Fsp3) is 0.583. The Morgan fingerprint density at radius 1 is 1.37 bits per heavy atom. The molecule has 1 aromatic rings. The Morgan fingerprint density at radius 2 is 2.11 bits per heavy atom. The lowest BCUT2D eigenvalue weighted by Gasteiger charge is -2.15. The highest BCUT2D eigenvalue weighted by Crippen LogP contribution is 2.34. The van der Waals surface area contributed by atoms with Crippen LogP contribution in [-0.2, 0) is 6.18 Å². The maximum absolute atomic E-state index is 12.7. The molecule has 2 rings (SSSR count). The molecule has 2 unspecified atom stereocenters. The first kappa shape index (κ1) is 14.8. The fourth-order valence-corrected chi connectivity index (χ4v) is 3.23. The Kier molecular flexibility index (Phi) is 4.50. The summed E-state index contributed by atoms with van der Waals surface area (Å²) in [6.45, 7) is 0. The highest BCUT2D eigenvalue weighted by atomic mass is 35.5. The van der Waals surface area contributed by atoms with Crippen LogP contribution < -0.4 is 5.32 Å². The van der Waals surface area contributed by atoms with Gasteiger partial charge in [0, 0.05) is 11.3 Å². The lowest BCUT2D eigenvalue weighted by atomic mass is 10.2. The summed E-state index contributed by atoms with van der Waals surface area (Å²) in [5.74, 6) is 0.201. The van der Waals surface area contributed by atoms with E-state index in [1.807, 2.05) is 6.26 Å². The number of nitrogens with one attached hydrogen (secondary N) is 1. The zero-order valence-corrected chi connectivity index (χ0v) is 11.9. The maximum atomic E-state index is 12.7.